The molecule has 3 aromatic rings. The Morgan fingerprint density at radius 1 is 1.00 bits per heavy atom. The van der Waals surface area contributed by atoms with Crippen molar-refractivity contribution in [2.24, 2.45) is 0 Å². The fraction of sp³-hybridized carbons (Fsp3) is 0.118. The molecule has 0 saturated carbocycles. The van der Waals surface area contributed by atoms with Gasteiger partial charge < -0.3 is 0 Å². The van der Waals surface area contributed by atoms with Crippen LogP contribution in [0, 0.1) is 0 Å². The maximum Gasteiger partial charge on any atom is 0.308 e. The molecule has 3 rings (SSSR count). The molecule has 0 aliphatic rings. The SMILES string of the molecule is CN(C)S(=O)(=O)n1cnc2ccc(/C=C/c3ccccc3)cc21. The predicted molar refractivity (Wildman–Crippen MR) is 93.1 cm³/mol. The number of fused-ring (bicyclic) bond motifs is 1. The molecule has 1 heterocycles. The van der Waals surface area contributed by atoms with Crippen LogP contribution in [0.4, 0.5) is 0 Å². The van der Waals surface area contributed by atoms with Crippen molar-refractivity contribution in [3.8, 4) is 0 Å². The summed E-state index contributed by atoms with van der Waals surface area (Å²) in [6.07, 6.45) is 5.28. The number of nitrogens with zero attached hydrogens (tertiary/aromatic N) is 3. The zero-order chi connectivity index (χ0) is 16.4. The molecule has 0 N–H and O–H groups in total. The van der Waals surface area contributed by atoms with Gasteiger partial charge in [0, 0.05) is 14.1 Å². The van der Waals surface area contributed by atoms with E-state index in [0.29, 0.717) is 11.0 Å². The van der Waals surface area contributed by atoms with Gasteiger partial charge in [-0.2, -0.15) is 12.7 Å². The predicted octanol–water partition coefficient (Wildman–Crippen LogP) is 2.86. The van der Waals surface area contributed by atoms with E-state index in [2.05, 4.69) is 4.98 Å². The van der Waals surface area contributed by atoms with Crippen LogP contribution in [0.15, 0.2) is 54.9 Å². The molecule has 0 aliphatic heterocycles. The molecule has 0 radical (unpaired) electrons. The summed E-state index contributed by atoms with van der Waals surface area (Å²) in [5, 5.41) is 0. The van der Waals surface area contributed by atoms with Crippen molar-refractivity contribution < 1.29 is 8.42 Å². The molecular formula is C17H17N3O2S. The summed E-state index contributed by atoms with van der Waals surface area (Å²) < 4.78 is 27.0. The van der Waals surface area contributed by atoms with Gasteiger partial charge in [0.15, 0.2) is 0 Å². The highest BCUT2D eigenvalue weighted by atomic mass is 32.2. The monoisotopic (exact) mass is 327 g/mol. The van der Waals surface area contributed by atoms with Crippen LogP contribution in [0.3, 0.4) is 0 Å². The fourth-order valence-electron chi connectivity index (χ4n) is 2.22. The van der Waals surface area contributed by atoms with Crippen LogP contribution in [-0.4, -0.2) is 35.8 Å². The molecule has 0 atom stereocenters. The molecule has 23 heavy (non-hydrogen) atoms. The number of rotatable bonds is 4. The highest BCUT2D eigenvalue weighted by molar-refractivity contribution is 7.87. The maximum atomic E-state index is 12.3. The summed E-state index contributed by atoms with van der Waals surface area (Å²) >= 11 is 0. The van der Waals surface area contributed by atoms with Gasteiger partial charge in [-0.3, -0.25) is 0 Å². The Labute approximate surface area is 135 Å². The molecule has 0 saturated heterocycles. The quantitative estimate of drug-likeness (QED) is 0.692. The Bertz CT molecular complexity index is 958. The van der Waals surface area contributed by atoms with Gasteiger partial charge in [0.25, 0.3) is 0 Å². The number of aromatic nitrogens is 2. The molecule has 0 unspecified atom stereocenters. The first-order valence-electron chi connectivity index (χ1n) is 7.12. The van der Waals surface area contributed by atoms with Gasteiger partial charge in [-0.25, -0.2) is 8.96 Å². The second-order valence-electron chi connectivity index (χ2n) is 5.32. The summed E-state index contributed by atoms with van der Waals surface area (Å²) in [5.41, 5.74) is 3.21. The van der Waals surface area contributed by atoms with E-state index in [1.54, 1.807) is 0 Å². The summed E-state index contributed by atoms with van der Waals surface area (Å²) in [6.45, 7) is 0. The molecule has 0 spiro atoms. The minimum Gasteiger partial charge on any atom is -0.236 e. The summed E-state index contributed by atoms with van der Waals surface area (Å²) in [4.78, 5) is 4.16. The third-order valence-corrected chi connectivity index (χ3v) is 5.23. The average molecular weight is 327 g/mol. The van der Waals surface area contributed by atoms with E-state index < -0.39 is 10.2 Å². The lowest BCUT2D eigenvalue weighted by molar-refractivity contribution is 0.512. The van der Waals surface area contributed by atoms with Crippen molar-refractivity contribution in [3.05, 3.63) is 66.0 Å². The van der Waals surface area contributed by atoms with Crippen LogP contribution in [0.25, 0.3) is 23.2 Å². The van der Waals surface area contributed by atoms with Crippen molar-refractivity contribution in [2.75, 3.05) is 14.1 Å². The van der Waals surface area contributed by atoms with Crippen LogP contribution in [0.2, 0.25) is 0 Å². The summed E-state index contributed by atoms with van der Waals surface area (Å²) in [7, 11) is -0.580. The summed E-state index contributed by atoms with van der Waals surface area (Å²) in [6, 6.07) is 15.5. The smallest absolute Gasteiger partial charge is 0.236 e. The minimum atomic E-state index is -3.58. The normalized spacial score (nSPS) is 12.5. The van der Waals surface area contributed by atoms with Gasteiger partial charge in [0.05, 0.1) is 11.0 Å². The Balaban J connectivity index is 2.03. The average Bonchev–Trinajstić information content (AvgIpc) is 2.97. The van der Waals surface area contributed by atoms with E-state index in [1.807, 2.05) is 60.7 Å². The number of imidazole rings is 1. The third-order valence-electron chi connectivity index (χ3n) is 3.52. The molecule has 5 nitrogen and oxygen atoms in total. The lowest BCUT2D eigenvalue weighted by atomic mass is 10.1. The van der Waals surface area contributed by atoms with Gasteiger partial charge in [0.2, 0.25) is 0 Å². The first kappa shape index (κ1) is 15.5. The molecule has 0 fully saturated rings. The molecule has 0 aliphatic carbocycles. The highest BCUT2D eigenvalue weighted by Crippen LogP contribution is 2.19. The first-order valence-corrected chi connectivity index (χ1v) is 8.51. The Kier molecular flexibility index (Phi) is 4.02. The molecule has 2 aromatic carbocycles. The topological polar surface area (TPSA) is 55.2 Å². The maximum absolute atomic E-state index is 12.3. The van der Waals surface area contributed by atoms with Gasteiger partial charge in [-0.1, -0.05) is 48.6 Å². The molecule has 0 amide bonds. The molecule has 118 valence electrons. The third kappa shape index (κ3) is 3.04. The van der Waals surface area contributed by atoms with Crippen LogP contribution >= 0.6 is 0 Å². The van der Waals surface area contributed by atoms with Crippen molar-refractivity contribution in [3.63, 3.8) is 0 Å². The van der Waals surface area contributed by atoms with Crippen LogP contribution in [0.5, 0.6) is 0 Å². The molecule has 6 heteroatoms. The van der Waals surface area contributed by atoms with Gasteiger partial charge in [-0.15, -0.1) is 0 Å². The van der Waals surface area contributed by atoms with Crippen LogP contribution in [0.1, 0.15) is 11.1 Å². The van der Waals surface area contributed by atoms with Gasteiger partial charge >= 0.3 is 10.2 Å². The minimum absolute atomic E-state index is 0.564. The van der Waals surface area contributed by atoms with E-state index in [9.17, 15) is 8.42 Å². The fourth-order valence-corrected chi connectivity index (χ4v) is 3.14. The van der Waals surface area contributed by atoms with E-state index in [0.717, 1.165) is 11.1 Å². The lowest BCUT2D eigenvalue weighted by Gasteiger charge is -2.12. The number of benzene rings is 2. The van der Waals surface area contributed by atoms with Crippen molar-refractivity contribution in [1.82, 2.24) is 13.3 Å². The Morgan fingerprint density at radius 3 is 2.39 bits per heavy atom. The van der Waals surface area contributed by atoms with E-state index in [4.69, 9.17) is 0 Å². The van der Waals surface area contributed by atoms with Crippen LogP contribution < -0.4 is 0 Å². The molecule has 0 bridgehead atoms. The largest absolute Gasteiger partial charge is 0.308 e. The zero-order valence-corrected chi connectivity index (χ0v) is 13.7. The van der Waals surface area contributed by atoms with E-state index in [-0.39, 0.29) is 0 Å². The lowest BCUT2D eigenvalue weighted by Crippen LogP contribution is -2.28. The molecular weight excluding hydrogens is 310 g/mol. The van der Waals surface area contributed by atoms with Crippen LogP contribution in [-0.2, 0) is 10.2 Å². The van der Waals surface area contributed by atoms with Gasteiger partial charge in [0.1, 0.15) is 6.33 Å². The number of hydrogen-bond donors (Lipinski definition) is 0. The first-order chi connectivity index (χ1) is 11.0. The van der Waals surface area contributed by atoms with Crippen molar-refractivity contribution in [2.45, 2.75) is 0 Å². The van der Waals surface area contributed by atoms with Crippen molar-refractivity contribution >= 4 is 33.4 Å². The summed E-state index contributed by atoms with van der Waals surface area (Å²) in [5.74, 6) is 0. The Morgan fingerprint density at radius 2 is 1.70 bits per heavy atom. The Hall–Kier alpha value is -2.44. The van der Waals surface area contributed by atoms with E-state index in [1.165, 1.54) is 28.7 Å². The zero-order valence-electron chi connectivity index (χ0n) is 12.9. The second kappa shape index (κ2) is 5.98. The van der Waals surface area contributed by atoms with Crippen molar-refractivity contribution in [1.29, 1.82) is 0 Å². The number of hydrogen-bond acceptors (Lipinski definition) is 3. The second-order valence-corrected chi connectivity index (χ2v) is 7.34. The highest BCUT2D eigenvalue weighted by Gasteiger charge is 2.19. The van der Waals surface area contributed by atoms with E-state index >= 15 is 0 Å². The molecule has 1 aromatic heterocycles. The standard InChI is InChI=1S/C17H17N3O2S/c1-19(2)23(21,22)20-13-18-16-11-10-15(12-17(16)20)9-8-14-6-4-3-5-7-14/h3-13H,1-2H3/b9-8+. The van der Waals surface area contributed by atoms with Gasteiger partial charge in [-0.05, 0) is 23.3 Å².